The number of nitrogens with zero attached hydrogens (tertiary/aromatic N) is 3. The fraction of sp³-hybridized carbons (Fsp3) is 0.318. The molecule has 1 saturated heterocycles. The van der Waals surface area contributed by atoms with E-state index in [1.165, 1.54) is 23.1 Å². The van der Waals surface area contributed by atoms with E-state index in [0.29, 0.717) is 23.3 Å². The summed E-state index contributed by atoms with van der Waals surface area (Å²) in [5.41, 5.74) is 0.948. The molecule has 6 nitrogen and oxygen atoms in total. The normalized spacial score (nSPS) is 16.3. The van der Waals surface area contributed by atoms with Gasteiger partial charge in [-0.25, -0.2) is 4.39 Å². The largest absolute Gasteiger partial charge is 0.494 e. The second-order valence-electron chi connectivity index (χ2n) is 7.18. The van der Waals surface area contributed by atoms with E-state index in [1.54, 1.807) is 0 Å². The topological polar surface area (TPSA) is 68.5 Å². The summed E-state index contributed by atoms with van der Waals surface area (Å²) in [6, 6.07) is 11.6. The standard InChI is InChI=1S/C22H21ClFN3O3/c1-2-3-10-29-17-7-4-14(5-8-17)21-25-22(30-26-21)15-11-20(28)27(13-15)19-12-16(23)6-9-18(19)24/h4-9,12,15H,2-3,10-11,13H2,1H3. The molecule has 0 saturated carbocycles. The number of unbranched alkanes of at least 4 members (excludes halogenated alkanes) is 1. The number of ether oxygens (including phenoxy) is 1. The van der Waals surface area contributed by atoms with Crippen LogP contribution in [0.15, 0.2) is 47.0 Å². The highest BCUT2D eigenvalue weighted by molar-refractivity contribution is 6.31. The summed E-state index contributed by atoms with van der Waals surface area (Å²) in [6.07, 6.45) is 2.25. The number of hydrogen-bond acceptors (Lipinski definition) is 5. The van der Waals surface area contributed by atoms with Crippen LogP contribution in [0.25, 0.3) is 11.4 Å². The molecule has 1 aliphatic heterocycles. The molecule has 0 radical (unpaired) electrons. The first-order valence-corrected chi connectivity index (χ1v) is 10.2. The molecular formula is C22H21ClFN3O3. The van der Waals surface area contributed by atoms with Crippen molar-refractivity contribution >= 4 is 23.2 Å². The van der Waals surface area contributed by atoms with Crippen LogP contribution in [0.3, 0.4) is 0 Å². The third-order valence-corrected chi connectivity index (χ3v) is 5.23. The molecule has 1 aromatic heterocycles. The average Bonchev–Trinajstić information content (AvgIpc) is 3.38. The molecule has 0 bridgehead atoms. The zero-order valence-corrected chi connectivity index (χ0v) is 17.2. The highest BCUT2D eigenvalue weighted by Crippen LogP contribution is 2.34. The van der Waals surface area contributed by atoms with Crippen molar-refractivity contribution in [2.45, 2.75) is 32.1 Å². The predicted octanol–water partition coefficient (Wildman–Crippen LogP) is 5.23. The molecule has 0 aliphatic carbocycles. The Morgan fingerprint density at radius 1 is 1.27 bits per heavy atom. The Kier molecular flexibility index (Phi) is 5.99. The maximum Gasteiger partial charge on any atom is 0.232 e. The van der Waals surface area contributed by atoms with Gasteiger partial charge in [0.05, 0.1) is 18.2 Å². The lowest BCUT2D eigenvalue weighted by Gasteiger charge is -2.17. The maximum atomic E-state index is 14.2. The van der Waals surface area contributed by atoms with Crippen molar-refractivity contribution in [1.29, 1.82) is 0 Å². The molecule has 2 heterocycles. The van der Waals surface area contributed by atoms with Crippen molar-refractivity contribution in [3.63, 3.8) is 0 Å². The number of rotatable bonds is 7. The van der Waals surface area contributed by atoms with Gasteiger partial charge in [0.1, 0.15) is 11.6 Å². The van der Waals surface area contributed by atoms with E-state index in [4.69, 9.17) is 20.9 Å². The van der Waals surface area contributed by atoms with Crippen LogP contribution in [0.5, 0.6) is 5.75 Å². The summed E-state index contributed by atoms with van der Waals surface area (Å²) in [4.78, 5) is 18.3. The summed E-state index contributed by atoms with van der Waals surface area (Å²) >= 11 is 5.96. The van der Waals surface area contributed by atoms with E-state index in [0.717, 1.165) is 24.2 Å². The van der Waals surface area contributed by atoms with Crippen LogP contribution in [0, 0.1) is 5.82 Å². The van der Waals surface area contributed by atoms with Crippen molar-refractivity contribution in [2.24, 2.45) is 0 Å². The summed E-state index contributed by atoms with van der Waals surface area (Å²) in [5.74, 6) is 0.553. The van der Waals surface area contributed by atoms with Crippen LogP contribution in [0.1, 0.15) is 38.0 Å². The van der Waals surface area contributed by atoms with Crippen LogP contribution < -0.4 is 9.64 Å². The van der Waals surface area contributed by atoms with Crippen molar-refractivity contribution in [3.8, 4) is 17.1 Å². The highest BCUT2D eigenvalue weighted by atomic mass is 35.5. The van der Waals surface area contributed by atoms with Gasteiger partial charge in [0.25, 0.3) is 0 Å². The number of hydrogen-bond donors (Lipinski definition) is 0. The van der Waals surface area contributed by atoms with Crippen LogP contribution in [0.4, 0.5) is 10.1 Å². The minimum atomic E-state index is -0.499. The van der Waals surface area contributed by atoms with Gasteiger partial charge in [-0.3, -0.25) is 4.79 Å². The van der Waals surface area contributed by atoms with Gasteiger partial charge < -0.3 is 14.2 Å². The van der Waals surface area contributed by atoms with Gasteiger partial charge in [-0.1, -0.05) is 30.1 Å². The Labute approximate surface area is 178 Å². The first kappa shape index (κ1) is 20.3. The van der Waals surface area contributed by atoms with Crippen molar-refractivity contribution in [1.82, 2.24) is 10.1 Å². The van der Waals surface area contributed by atoms with Crippen molar-refractivity contribution in [2.75, 3.05) is 18.1 Å². The molecular weight excluding hydrogens is 409 g/mol. The lowest BCUT2D eigenvalue weighted by molar-refractivity contribution is -0.117. The van der Waals surface area contributed by atoms with Gasteiger partial charge in [-0.15, -0.1) is 0 Å². The maximum absolute atomic E-state index is 14.2. The monoisotopic (exact) mass is 429 g/mol. The number of halogens is 2. The van der Waals surface area contributed by atoms with E-state index in [1.807, 2.05) is 24.3 Å². The quantitative estimate of drug-likeness (QED) is 0.481. The van der Waals surface area contributed by atoms with Gasteiger partial charge >= 0.3 is 0 Å². The van der Waals surface area contributed by atoms with Gasteiger partial charge in [0, 0.05) is 23.6 Å². The Bertz CT molecular complexity index is 1040. The minimum absolute atomic E-state index is 0.161. The van der Waals surface area contributed by atoms with Gasteiger partial charge in [0.15, 0.2) is 0 Å². The van der Waals surface area contributed by atoms with E-state index in [9.17, 15) is 9.18 Å². The van der Waals surface area contributed by atoms with E-state index >= 15 is 0 Å². The Hall–Kier alpha value is -2.93. The third kappa shape index (κ3) is 4.31. The Balaban J connectivity index is 1.46. The SMILES string of the molecule is CCCCOc1ccc(-c2noc(C3CC(=O)N(c4cc(Cl)ccc4F)C3)n2)cc1. The van der Waals surface area contributed by atoms with Gasteiger partial charge in [0.2, 0.25) is 17.6 Å². The summed E-state index contributed by atoms with van der Waals surface area (Å²) < 4.78 is 25.2. The number of aromatic nitrogens is 2. The molecule has 8 heteroatoms. The fourth-order valence-corrected chi connectivity index (χ4v) is 3.52. The summed E-state index contributed by atoms with van der Waals surface area (Å²) in [7, 11) is 0. The fourth-order valence-electron chi connectivity index (χ4n) is 3.35. The second-order valence-corrected chi connectivity index (χ2v) is 7.62. The predicted molar refractivity (Wildman–Crippen MR) is 111 cm³/mol. The molecule has 1 amide bonds. The molecule has 4 rings (SSSR count). The van der Waals surface area contributed by atoms with Crippen molar-refractivity contribution < 1.29 is 18.4 Å². The van der Waals surface area contributed by atoms with E-state index < -0.39 is 5.82 Å². The van der Waals surface area contributed by atoms with E-state index in [2.05, 4.69) is 17.1 Å². The summed E-state index contributed by atoms with van der Waals surface area (Å²) in [5, 5.41) is 4.40. The molecule has 156 valence electrons. The van der Waals surface area contributed by atoms with Crippen molar-refractivity contribution in [3.05, 3.63) is 59.2 Å². The average molecular weight is 430 g/mol. The lowest BCUT2D eigenvalue weighted by atomic mass is 10.1. The molecule has 2 aromatic carbocycles. The molecule has 1 atom stereocenters. The van der Waals surface area contributed by atoms with Gasteiger partial charge in [-0.05, 0) is 48.9 Å². The molecule has 0 spiro atoms. The smallest absolute Gasteiger partial charge is 0.232 e. The number of benzene rings is 2. The third-order valence-electron chi connectivity index (χ3n) is 4.99. The molecule has 1 aliphatic rings. The minimum Gasteiger partial charge on any atom is -0.494 e. The zero-order chi connectivity index (χ0) is 21.1. The second kappa shape index (κ2) is 8.83. The number of carbonyl (C=O) groups is 1. The number of anilines is 1. The van der Waals surface area contributed by atoms with Crippen LogP contribution in [0.2, 0.25) is 5.02 Å². The van der Waals surface area contributed by atoms with Crippen LogP contribution >= 0.6 is 11.6 Å². The van der Waals surface area contributed by atoms with Crippen LogP contribution in [-0.4, -0.2) is 29.2 Å². The molecule has 30 heavy (non-hydrogen) atoms. The van der Waals surface area contributed by atoms with E-state index in [-0.39, 0.29) is 30.5 Å². The Morgan fingerprint density at radius 3 is 2.83 bits per heavy atom. The molecule has 1 unspecified atom stereocenters. The molecule has 0 N–H and O–H groups in total. The lowest BCUT2D eigenvalue weighted by Crippen LogP contribution is -2.25. The summed E-state index contributed by atoms with van der Waals surface area (Å²) in [6.45, 7) is 3.05. The van der Waals surface area contributed by atoms with Gasteiger partial charge in [-0.2, -0.15) is 4.98 Å². The Morgan fingerprint density at radius 2 is 2.07 bits per heavy atom. The number of amides is 1. The molecule has 3 aromatic rings. The van der Waals surface area contributed by atoms with Crippen LogP contribution in [-0.2, 0) is 4.79 Å². The highest BCUT2D eigenvalue weighted by Gasteiger charge is 2.36. The molecule has 1 fully saturated rings. The number of carbonyl (C=O) groups excluding carboxylic acids is 1. The first-order chi connectivity index (χ1) is 14.5. The first-order valence-electron chi connectivity index (χ1n) is 9.87. The zero-order valence-electron chi connectivity index (χ0n) is 16.5.